The van der Waals surface area contributed by atoms with Gasteiger partial charge in [0.1, 0.15) is 11.6 Å². The average molecular weight is 626 g/mol. The summed E-state index contributed by atoms with van der Waals surface area (Å²) in [5, 5.41) is 19.1. The summed E-state index contributed by atoms with van der Waals surface area (Å²) in [4.78, 5) is 41.6. The van der Waals surface area contributed by atoms with Crippen LogP contribution in [-0.2, 0) is 4.79 Å². The number of carbonyl (C=O) groups excluding carboxylic acids is 1. The lowest BCUT2D eigenvalue weighted by Gasteiger charge is -2.14. The van der Waals surface area contributed by atoms with Crippen LogP contribution in [0.25, 0.3) is 10.9 Å². The number of anilines is 1. The zero-order valence-corrected chi connectivity index (χ0v) is 23.8. The molecule has 4 aromatic rings. The van der Waals surface area contributed by atoms with Gasteiger partial charge in [0.05, 0.1) is 29.2 Å². The maximum Gasteiger partial charge on any atom is 0.315 e. The Balaban J connectivity index is 1.67. The fourth-order valence-corrected chi connectivity index (χ4v) is 4.25. The molecule has 1 amide bonds. The molecule has 13 heteroatoms. The lowest BCUT2D eigenvalue weighted by molar-refractivity contribution is -0.385. The van der Waals surface area contributed by atoms with Gasteiger partial charge in [0.2, 0.25) is 5.75 Å². The number of ether oxygens (including phenoxy) is 2. The van der Waals surface area contributed by atoms with Crippen LogP contribution in [0.2, 0.25) is 0 Å². The van der Waals surface area contributed by atoms with Gasteiger partial charge in [0, 0.05) is 27.7 Å². The molecular weight excluding hydrogens is 601 g/mol. The molecule has 1 N–H and O–H groups in total. The lowest BCUT2D eigenvalue weighted by atomic mass is 10.1. The van der Waals surface area contributed by atoms with Crippen molar-refractivity contribution in [2.24, 2.45) is 5.10 Å². The Hall–Kier alpha value is -4.65. The number of hydrogen-bond donors (Lipinski definition) is 1. The lowest BCUT2D eigenvalue weighted by Crippen LogP contribution is -2.23. The first-order valence-corrected chi connectivity index (χ1v) is 13.2. The van der Waals surface area contributed by atoms with Crippen LogP contribution in [0.1, 0.15) is 37.6 Å². The van der Waals surface area contributed by atoms with Crippen LogP contribution in [-0.4, -0.2) is 40.4 Å². The van der Waals surface area contributed by atoms with Crippen LogP contribution in [0.5, 0.6) is 11.5 Å². The highest BCUT2D eigenvalue weighted by molar-refractivity contribution is 9.10. The van der Waals surface area contributed by atoms with E-state index in [0.717, 1.165) is 0 Å². The molecule has 0 aliphatic heterocycles. The van der Waals surface area contributed by atoms with E-state index in [2.05, 4.69) is 31.3 Å². The van der Waals surface area contributed by atoms with Gasteiger partial charge < -0.3 is 14.8 Å². The van der Waals surface area contributed by atoms with Gasteiger partial charge in [-0.15, -0.1) is 0 Å². The molecule has 41 heavy (non-hydrogen) atoms. The number of hydrogen-bond acceptors (Lipinski definition) is 8. The van der Waals surface area contributed by atoms with Crippen molar-refractivity contribution in [3.8, 4) is 11.5 Å². The number of carbonyl (C=O) groups is 1. The largest absolute Gasteiger partial charge is 0.493 e. The highest BCUT2D eigenvalue weighted by Crippen LogP contribution is 2.38. The minimum Gasteiger partial charge on any atom is -0.493 e. The summed E-state index contributed by atoms with van der Waals surface area (Å²) in [6, 6.07) is 12.9. The first-order chi connectivity index (χ1) is 19.6. The van der Waals surface area contributed by atoms with E-state index < -0.39 is 34.5 Å². The minimum absolute atomic E-state index is 0.0229. The molecular formula is C28H25BrFN5O6. The second-order valence-corrected chi connectivity index (χ2v) is 9.89. The maximum atomic E-state index is 13.4. The smallest absolute Gasteiger partial charge is 0.315 e. The zero-order valence-electron chi connectivity index (χ0n) is 22.3. The van der Waals surface area contributed by atoms with E-state index in [1.54, 1.807) is 18.2 Å². The number of fused-ring (bicyclic) bond motifs is 1. The van der Waals surface area contributed by atoms with Crippen molar-refractivity contribution >= 4 is 50.3 Å². The number of amides is 1. The van der Waals surface area contributed by atoms with Crippen LogP contribution >= 0.6 is 15.9 Å². The topological polar surface area (TPSA) is 138 Å². The Morgan fingerprint density at radius 3 is 2.63 bits per heavy atom. The standard InChI is InChI=1S/C28H25BrFN5O6/c1-4-16(2)27-33-22-10-5-18(29)13-21(22)28(37)34(27)31-14-17-11-23(35(38)39)26(24(12-17)40-3)41-15-25(36)32-20-8-6-19(30)7-9-20/h5-14,16H,4,15H2,1-3H3,(H,32,36)/t16-/m0/s1. The summed E-state index contributed by atoms with van der Waals surface area (Å²) in [5.41, 5.74) is 0.234. The van der Waals surface area contributed by atoms with Crippen molar-refractivity contribution < 1.29 is 23.6 Å². The van der Waals surface area contributed by atoms with Gasteiger partial charge in [-0.1, -0.05) is 29.8 Å². The average Bonchev–Trinajstić information content (AvgIpc) is 2.96. The summed E-state index contributed by atoms with van der Waals surface area (Å²) >= 11 is 3.37. The van der Waals surface area contributed by atoms with Crippen molar-refractivity contribution in [2.45, 2.75) is 26.2 Å². The molecule has 4 rings (SSSR count). The highest BCUT2D eigenvalue weighted by atomic mass is 79.9. The summed E-state index contributed by atoms with van der Waals surface area (Å²) in [6.45, 7) is 3.31. The molecule has 1 atom stereocenters. The molecule has 0 spiro atoms. The van der Waals surface area contributed by atoms with Crippen molar-refractivity contribution in [3.05, 3.63) is 96.7 Å². The van der Waals surface area contributed by atoms with E-state index in [0.29, 0.717) is 33.3 Å². The first-order valence-electron chi connectivity index (χ1n) is 12.4. The van der Waals surface area contributed by atoms with Gasteiger partial charge in [-0.05, 0) is 55.0 Å². The number of nitrogens with zero attached hydrogens (tertiary/aromatic N) is 4. The summed E-state index contributed by atoms with van der Waals surface area (Å²) in [7, 11) is 1.29. The number of benzene rings is 3. The van der Waals surface area contributed by atoms with Gasteiger partial charge in [0.15, 0.2) is 12.4 Å². The molecule has 0 saturated carbocycles. The predicted octanol–water partition coefficient (Wildman–Crippen LogP) is 5.63. The first kappa shape index (κ1) is 29.3. The van der Waals surface area contributed by atoms with Crippen LogP contribution in [0.3, 0.4) is 0 Å². The molecule has 0 fully saturated rings. The third kappa shape index (κ3) is 6.74. The van der Waals surface area contributed by atoms with Gasteiger partial charge in [0.25, 0.3) is 11.5 Å². The van der Waals surface area contributed by atoms with Gasteiger partial charge in [-0.3, -0.25) is 19.7 Å². The highest BCUT2D eigenvalue weighted by Gasteiger charge is 2.23. The number of aromatic nitrogens is 2. The Morgan fingerprint density at radius 2 is 1.98 bits per heavy atom. The number of rotatable bonds is 10. The number of nitro benzene ring substituents is 1. The maximum absolute atomic E-state index is 13.4. The molecule has 0 radical (unpaired) electrons. The van der Waals surface area contributed by atoms with Crippen LogP contribution in [0, 0.1) is 15.9 Å². The molecule has 1 heterocycles. The second kappa shape index (κ2) is 12.7. The van der Waals surface area contributed by atoms with Gasteiger partial charge in [-0.25, -0.2) is 9.37 Å². The molecule has 3 aromatic carbocycles. The van der Waals surface area contributed by atoms with Crippen LogP contribution in [0.15, 0.2) is 69.0 Å². The third-order valence-corrected chi connectivity index (χ3v) is 6.65. The number of nitrogens with one attached hydrogen (secondary N) is 1. The monoisotopic (exact) mass is 625 g/mol. The fourth-order valence-electron chi connectivity index (χ4n) is 3.89. The summed E-state index contributed by atoms with van der Waals surface area (Å²) in [5.74, 6) is -1.03. The van der Waals surface area contributed by atoms with E-state index in [9.17, 15) is 24.1 Å². The van der Waals surface area contributed by atoms with Crippen molar-refractivity contribution in [2.75, 3.05) is 19.0 Å². The summed E-state index contributed by atoms with van der Waals surface area (Å²) < 4.78 is 25.8. The fraction of sp³-hybridized carbons (Fsp3) is 0.214. The molecule has 11 nitrogen and oxygen atoms in total. The van der Waals surface area contributed by atoms with Gasteiger partial charge in [-0.2, -0.15) is 9.78 Å². The van der Waals surface area contributed by atoms with E-state index in [1.165, 1.54) is 54.4 Å². The third-order valence-electron chi connectivity index (χ3n) is 6.16. The number of halogens is 2. The SMILES string of the molecule is CC[C@H](C)c1nc2ccc(Br)cc2c(=O)n1N=Cc1cc(OC)c(OCC(=O)Nc2ccc(F)cc2)c([N+](=O)[O-])c1. The van der Waals surface area contributed by atoms with E-state index in [4.69, 9.17) is 9.47 Å². The normalized spacial score (nSPS) is 11.9. The second-order valence-electron chi connectivity index (χ2n) is 8.97. The molecule has 0 unspecified atom stereocenters. The molecule has 1 aromatic heterocycles. The van der Waals surface area contributed by atoms with Crippen molar-refractivity contribution in [1.29, 1.82) is 0 Å². The van der Waals surface area contributed by atoms with E-state index in [1.807, 2.05) is 13.8 Å². The van der Waals surface area contributed by atoms with Gasteiger partial charge >= 0.3 is 5.69 Å². The molecule has 212 valence electrons. The Labute approximate surface area is 241 Å². The number of nitro groups is 1. The van der Waals surface area contributed by atoms with Crippen LogP contribution < -0.4 is 20.3 Å². The molecule has 0 bridgehead atoms. The minimum atomic E-state index is -0.682. The molecule has 0 aliphatic carbocycles. The Kier molecular flexibility index (Phi) is 9.07. The van der Waals surface area contributed by atoms with Crippen molar-refractivity contribution in [3.63, 3.8) is 0 Å². The molecule has 0 aliphatic rings. The number of methoxy groups -OCH3 is 1. The quantitative estimate of drug-likeness (QED) is 0.137. The zero-order chi connectivity index (χ0) is 29.7. The molecule has 0 saturated heterocycles. The Bertz CT molecular complexity index is 1710. The van der Waals surface area contributed by atoms with Crippen LogP contribution in [0.4, 0.5) is 15.8 Å². The summed E-state index contributed by atoms with van der Waals surface area (Å²) in [6.07, 6.45) is 1.99. The van der Waals surface area contributed by atoms with Crippen molar-refractivity contribution in [1.82, 2.24) is 9.66 Å². The van der Waals surface area contributed by atoms with E-state index in [-0.39, 0.29) is 23.0 Å². The van der Waals surface area contributed by atoms with E-state index >= 15 is 0 Å². The Morgan fingerprint density at radius 1 is 1.24 bits per heavy atom. The predicted molar refractivity (Wildman–Crippen MR) is 156 cm³/mol.